The Kier molecular flexibility index (Phi) is 5.73. The number of nitrogens with one attached hydrogen (secondary N) is 1. The summed E-state index contributed by atoms with van der Waals surface area (Å²) in [5.74, 6) is -1.07. The van der Waals surface area contributed by atoms with Crippen molar-refractivity contribution < 1.29 is 14.7 Å². The van der Waals surface area contributed by atoms with E-state index in [1.165, 1.54) is 16.7 Å². The number of aromatic carboxylic acids is 1. The Bertz CT molecular complexity index is 417. The van der Waals surface area contributed by atoms with Crippen LogP contribution in [-0.4, -0.2) is 34.6 Å². The zero-order chi connectivity index (χ0) is 13.5. The number of hydrogen-bond acceptors (Lipinski definition) is 5. The molecule has 7 heteroatoms. The van der Waals surface area contributed by atoms with Gasteiger partial charge in [0.25, 0.3) is 0 Å². The van der Waals surface area contributed by atoms with Crippen molar-refractivity contribution in [2.45, 2.75) is 32.2 Å². The Morgan fingerprint density at radius 3 is 2.89 bits per heavy atom. The molecule has 4 N–H and O–H groups in total. The van der Waals surface area contributed by atoms with Crippen molar-refractivity contribution in [1.29, 1.82) is 0 Å². The first-order chi connectivity index (χ1) is 8.49. The van der Waals surface area contributed by atoms with E-state index in [0.717, 1.165) is 0 Å². The maximum absolute atomic E-state index is 11.4. The summed E-state index contributed by atoms with van der Waals surface area (Å²) < 4.78 is 0. The maximum Gasteiger partial charge on any atom is 0.355 e. The molecule has 18 heavy (non-hydrogen) atoms. The number of thiazole rings is 1. The van der Waals surface area contributed by atoms with Gasteiger partial charge in [-0.05, 0) is 13.3 Å². The summed E-state index contributed by atoms with van der Waals surface area (Å²) in [6.07, 6.45) is 1.62. The van der Waals surface area contributed by atoms with E-state index in [1.807, 2.05) is 6.92 Å². The topological polar surface area (TPSA) is 105 Å². The van der Waals surface area contributed by atoms with Crippen LogP contribution in [0.25, 0.3) is 0 Å². The third-order valence-corrected chi connectivity index (χ3v) is 3.17. The monoisotopic (exact) mass is 271 g/mol. The third kappa shape index (κ3) is 5.24. The van der Waals surface area contributed by atoms with Gasteiger partial charge in [0, 0.05) is 30.8 Å². The van der Waals surface area contributed by atoms with Crippen molar-refractivity contribution in [2.24, 2.45) is 5.73 Å². The molecule has 0 bridgehead atoms. The molecule has 0 saturated carbocycles. The van der Waals surface area contributed by atoms with Crippen molar-refractivity contribution in [2.75, 3.05) is 6.54 Å². The first-order valence-electron chi connectivity index (χ1n) is 5.69. The molecular weight excluding hydrogens is 254 g/mol. The summed E-state index contributed by atoms with van der Waals surface area (Å²) in [5, 5.41) is 13.6. The number of amides is 1. The second kappa shape index (κ2) is 7.07. The van der Waals surface area contributed by atoms with Gasteiger partial charge < -0.3 is 16.2 Å². The summed E-state index contributed by atoms with van der Waals surface area (Å²) in [6, 6.07) is 0.0211. The van der Waals surface area contributed by atoms with Crippen LogP contribution in [0.2, 0.25) is 0 Å². The highest BCUT2D eigenvalue weighted by Crippen LogP contribution is 2.09. The van der Waals surface area contributed by atoms with E-state index in [9.17, 15) is 9.59 Å². The fourth-order valence-corrected chi connectivity index (χ4v) is 2.05. The van der Waals surface area contributed by atoms with Crippen LogP contribution in [0.3, 0.4) is 0 Å². The van der Waals surface area contributed by atoms with E-state index in [0.29, 0.717) is 30.8 Å². The number of carboxylic acids is 1. The summed E-state index contributed by atoms with van der Waals surface area (Å²) in [7, 11) is 0. The molecule has 0 radical (unpaired) electrons. The quantitative estimate of drug-likeness (QED) is 0.674. The number of carboxylic acid groups (broad SMARTS) is 1. The number of nitrogens with two attached hydrogens (primary N) is 1. The molecule has 1 amide bonds. The Labute approximate surface area is 109 Å². The van der Waals surface area contributed by atoms with Gasteiger partial charge >= 0.3 is 5.97 Å². The van der Waals surface area contributed by atoms with Gasteiger partial charge in [0.2, 0.25) is 5.91 Å². The Hall–Kier alpha value is -1.47. The van der Waals surface area contributed by atoms with Crippen LogP contribution in [-0.2, 0) is 11.2 Å². The van der Waals surface area contributed by atoms with Crippen LogP contribution in [0.5, 0.6) is 0 Å². The molecule has 1 aromatic rings. The van der Waals surface area contributed by atoms with Crippen molar-refractivity contribution in [3.63, 3.8) is 0 Å². The molecule has 0 fully saturated rings. The number of nitrogens with zero attached hydrogens (tertiary/aromatic N) is 1. The van der Waals surface area contributed by atoms with Gasteiger partial charge in [-0.15, -0.1) is 11.3 Å². The number of carbonyl (C=O) groups is 2. The standard InChI is InChI=1S/C11H17N3O3S/c1-7(12)2-3-9(15)13-5-4-10-14-8(6-18-10)11(16)17/h6-7H,2-5,12H2,1H3,(H,13,15)(H,16,17). The van der Waals surface area contributed by atoms with E-state index >= 15 is 0 Å². The van der Waals surface area contributed by atoms with Gasteiger partial charge in [-0.3, -0.25) is 4.79 Å². The maximum atomic E-state index is 11.4. The predicted octanol–water partition coefficient (Wildman–Crippen LogP) is 0.627. The fraction of sp³-hybridized carbons (Fsp3) is 0.545. The first-order valence-corrected chi connectivity index (χ1v) is 6.57. The summed E-state index contributed by atoms with van der Waals surface area (Å²) in [6.45, 7) is 2.32. The molecule has 1 atom stereocenters. The minimum atomic E-state index is -1.03. The molecule has 6 nitrogen and oxygen atoms in total. The molecule has 0 aliphatic rings. The lowest BCUT2D eigenvalue weighted by Gasteiger charge is -2.05. The molecule has 1 aromatic heterocycles. The summed E-state index contributed by atoms with van der Waals surface area (Å²) >= 11 is 1.28. The van der Waals surface area contributed by atoms with E-state index in [1.54, 1.807) is 0 Å². The Morgan fingerprint density at radius 1 is 1.61 bits per heavy atom. The van der Waals surface area contributed by atoms with Crippen molar-refractivity contribution >= 4 is 23.2 Å². The van der Waals surface area contributed by atoms with Crippen LogP contribution < -0.4 is 11.1 Å². The SMILES string of the molecule is CC(N)CCC(=O)NCCc1nc(C(=O)O)cs1. The normalized spacial score (nSPS) is 12.1. The number of carbonyl (C=O) groups excluding carboxylic acids is 1. The lowest BCUT2D eigenvalue weighted by atomic mass is 10.2. The fourth-order valence-electron chi connectivity index (χ4n) is 1.28. The first kappa shape index (κ1) is 14.6. The van der Waals surface area contributed by atoms with Crippen molar-refractivity contribution in [3.05, 3.63) is 16.1 Å². The smallest absolute Gasteiger partial charge is 0.355 e. The molecule has 0 spiro atoms. The van der Waals surface area contributed by atoms with Crippen LogP contribution in [0.15, 0.2) is 5.38 Å². The second-order valence-electron chi connectivity index (χ2n) is 4.05. The largest absolute Gasteiger partial charge is 0.476 e. The molecule has 0 aliphatic heterocycles. The summed E-state index contributed by atoms with van der Waals surface area (Å²) in [4.78, 5) is 25.9. The van der Waals surface area contributed by atoms with Gasteiger partial charge in [0.1, 0.15) is 0 Å². The average molecular weight is 271 g/mol. The molecule has 0 aromatic carbocycles. The number of hydrogen-bond donors (Lipinski definition) is 3. The van der Waals surface area contributed by atoms with E-state index in [4.69, 9.17) is 10.8 Å². The van der Waals surface area contributed by atoms with E-state index in [2.05, 4.69) is 10.3 Å². The minimum absolute atomic E-state index is 0.0211. The number of aromatic nitrogens is 1. The lowest BCUT2D eigenvalue weighted by molar-refractivity contribution is -0.121. The zero-order valence-corrected chi connectivity index (χ0v) is 11.0. The van der Waals surface area contributed by atoms with Gasteiger partial charge in [-0.1, -0.05) is 0 Å². The highest BCUT2D eigenvalue weighted by atomic mass is 32.1. The van der Waals surface area contributed by atoms with E-state index in [-0.39, 0.29) is 17.6 Å². The zero-order valence-electron chi connectivity index (χ0n) is 10.2. The molecule has 0 aliphatic carbocycles. The summed E-state index contributed by atoms with van der Waals surface area (Å²) in [5.41, 5.74) is 5.60. The number of rotatable bonds is 7. The van der Waals surface area contributed by atoms with Gasteiger partial charge in [0.05, 0.1) is 5.01 Å². The molecule has 1 rings (SSSR count). The van der Waals surface area contributed by atoms with Crippen LogP contribution in [0.4, 0.5) is 0 Å². The van der Waals surface area contributed by atoms with Gasteiger partial charge in [-0.2, -0.15) is 0 Å². The van der Waals surface area contributed by atoms with Gasteiger partial charge in [0.15, 0.2) is 5.69 Å². The average Bonchev–Trinajstić information content (AvgIpc) is 2.75. The predicted molar refractivity (Wildman–Crippen MR) is 68.7 cm³/mol. The highest BCUT2D eigenvalue weighted by Gasteiger charge is 2.09. The van der Waals surface area contributed by atoms with Crippen molar-refractivity contribution in [3.8, 4) is 0 Å². The second-order valence-corrected chi connectivity index (χ2v) is 4.99. The molecule has 0 saturated heterocycles. The highest BCUT2D eigenvalue weighted by molar-refractivity contribution is 7.09. The molecule has 1 unspecified atom stereocenters. The third-order valence-electron chi connectivity index (χ3n) is 2.26. The molecule has 100 valence electrons. The van der Waals surface area contributed by atoms with E-state index < -0.39 is 5.97 Å². The molecule has 1 heterocycles. The molecular formula is C11H17N3O3S. The lowest BCUT2D eigenvalue weighted by Crippen LogP contribution is -2.27. The van der Waals surface area contributed by atoms with Crippen LogP contribution in [0.1, 0.15) is 35.3 Å². The van der Waals surface area contributed by atoms with Crippen molar-refractivity contribution in [1.82, 2.24) is 10.3 Å². The Morgan fingerprint density at radius 2 is 2.33 bits per heavy atom. The van der Waals surface area contributed by atoms with Crippen LogP contribution >= 0.6 is 11.3 Å². The minimum Gasteiger partial charge on any atom is -0.476 e. The van der Waals surface area contributed by atoms with Gasteiger partial charge in [-0.25, -0.2) is 9.78 Å². The Balaban J connectivity index is 2.24. The van der Waals surface area contributed by atoms with Crippen LogP contribution in [0, 0.1) is 0 Å².